The molecule has 0 radical (unpaired) electrons. The van der Waals surface area contributed by atoms with Crippen molar-refractivity contribution in [2.24, 2.45) is 0 Å². The number of halogens is 2. The number of nitrogens with zero attached hydrogens (tertiary/aromatic N) is 1. The van der Waals surface area contributed by atoms with Gasteiger partial charge in [-0.3, -0.25) is 4.79 Å². The second kappa shape index (κ2) is 11.7. The van der Waals surface area contributed by atoms with E-state index >= 15 is 0 Å². The van der Waals surface area contributed by atoms with E-state index in [9.17, 15) is 13.6 Å². The number of amides is 1. The van der Waals surface area contributed by atoms with Crippen molar-refractivity contribution in [2.75, 3.05) is 24.6 Å². The van der Waals surface area contributed by atoms with E-state index in [1.165, 1.54) is 12.1 Å². The van der Waals surface area contributed by atoms with E-state index in [1.807, 2.05) is 42.5 Å². The molecule has 3 aromatic carbocycles. The Hall–Kier alpha value is -3.25. The molecule has 1 N–H and O–H groups in total. The number of carbonyl (C=O) groups excluding carboxylic acids is 1. The summed E-state index contributed by atoms with van der Waals surface area (Å²) in [7, 11) is 0. The van der Waals surface area contributed by atoms with E-state index in [0.717, 1.165) is 56.0 Å². The van der Waals surface area contributed by atoms with Crippen LogP contribution < -0.4 is 15.0 Å². The van der Waals surface area contributed by atoms with Gasteiger partial charge in [0.2, 0.25) is 0 Å². The molecule has 0 aliphatic carbocycles. The summed E-state index contributed by atoms with van der Waals surface area (Å²) in [6.45, 7) is 1.95. The number of carbonyl (C=O) groups is 1. The maximum Gasteiger partial charge on any atom is 0.264 e. The minimum atomic E-state index is -0.607. The van der Waals surface area contributed by atoms with Crippen LogP contribution in [0, 0.1) is 11.6 Å². The fourth-order valence-corrected chi connectivity index (χ4v) is 4.27. The zero-order chi connectivity index (χ0) is 23.8. The van der Waals surface area contributed by atoms with E-state index in [1.54, 1.807) is 11.0 Å². The molecule has 0 unspecified atom stereocenters. The summed E-state index contributed by atoms with van der Waals surface area (Å²) < 4.78 is 33.6. The first-order valence-electron chi connectivity index (χ1n) is 11.9. The zero-order valence-corrected chi connectivity index (χ0v) is 19.2. The Bertz CT molecular complexity index is 1100. The average Bonchev–Trinajstić information content (AvgIpc) is 2.84. The highest BCUT2D eigenvalue weighted by Gasteiger charge is 2.21. The molecule has 0 aromatic heterocycles. The SMILES string of the molecule is O=C(COc1ccccc1)N1CCCCCCCNCc2cc(-c3ccc(F)cc3F)ccc21. The standard InChI is InChI=1S/C28H30F2N2O2/c29-23-12-13-25(26(30)18-23)21-11-14-27-22(17-21)19-31-15-7-2-1-3-8-16-32(27)28(33)20-34-24-9-5-4-6-10-24/h4-6,9-14,17-18,31H,1-3,7-8,15-16,19-20H2. The predicted octanol–water partition coefficient (Wildman–Crippen LogP) is 6.10. The van der Waals surface area contributed by atoms with Crippen LogP contribution in [0.1, 0.15) is 37.7 Å². The van der Waals surface area contributed by atoms with Crippen molar-refractivity contribution in [3.05, 3.63) is 83.9 Å². The molecule has 1 aliphatic heterocycles. The molecule has 0 fully saturated rings. The molecule has 0 saturated carbocycles. The molecule has 3 aromatic rings. The number of nitrogens with one attached hydrogen (secondary N) is 1. The number of benzene rings is 3. The molecule has 4 rings (SSSR count). The van der Waals surface area contributed by atoms with Gasteiger partial charge in [0.25, 0.3) is 5.91 Å². The molecule has 0 atom stereocenters. The van der Waals surface area contributed by atoms with Gasteiger partial charge in [-0.25, -0.2) is 8.78 Å². The second-order valence-corrected chi connectivity index (χ2v) is 8.56. The molecule has 1 heterocycles. The molecule has 4 nitrogen and oxygen atoms in total. The fourth-order valence-electron chi connectivity index (χ4n) is 4.27. The van der Waals surface area contributed by atoms with Gasteiger partial charge < -0.3 is 15.0 Å². The van der Waals surface area contributed by atoms with Crippen LogP contribution >= 0.6 is 0 Å². The van der Waals surface area contributed by atoms with Crippen LogP contribution in [0.2, 0.25) is 0 Å². The number of rotatable bonds is 4. The monoisotopic (exact) mass is 464 g/mol. The molecule has 0 saturated heterocycles. The van der Waals surface area contributed by atoms with Crippen molar-refractivity contribution in [2.45, 2.75) is 38.6 Å². The van der Waals surface area contributed by atoms with E-state index in [4.69, 9.17) is 4.74 Å². The largest absolute Gasteiger partial charge is 0.484 e. The molecule has 6 heteroatoms. The number of para-hydroxylation sites is 1. The maximum atomic E-state index is 14.5. The summed E-state index contributed by atoms with van der Waals surface area (Å²) in [6.07, 6.45) is 5.33. The highest BCUT2D eigenvalue weighted by molar-refractivity contribution is 5.95. The Morgan fingerprint density at radius 1 is 0.912 bits per heavy atom. The smallest absolute Gasteiger partial charge is 0.264 e. The fraction of sp³-hybridized carbons (Fsp3) is 0.321. The Balaban J connectivity index is 1.64. The first-order chi connectivity index (χ1) is 16.6. The lowest BCUT2D eigenvalue weighted by Crippen LogP contribution is -2.37. The van der Waals surface area contributed by atoms with Gasteiger partial charge in [-0.15, -0.1) is 0 Å². The van der Waals surface area contributed by atoms with E-state index < -0.39 is 11.6 Å². The first-order valence-corrected chi connectivity index (χ1v) is 11.9. The summed E-state index contributed by atoms with van der Waals surface area (Å²) in [6, 6.07) is 18.4. The molecule has 0 bridgehead atoms. The van der Waals surface area contributed by atoms with E-state index in [0.29, 0.717) is 30.0 Å². The Labute approximate surface area is 199 Å². The third kappa shape index (κ3) is 6.20. The number of anilines is 1. The zero-order valence-electron chi connectivity index (χ0n) is 19.2. The minimum absolute atomic E-state index is 0.0643. The maximum absolute atomic E-state index is 14.5. The van der Waals surface area contributed by atoms with E-state index in [2.05, 4.69) is 5.32 Å². The third-order valence-corrected chi connectivity index (χ3v) is 6.07. The predicted molar refractivity (Wildman–Crippen MR) is 131 cm³/mol. The van der Waals surface area contributed by atoms with Crippen LogP contribution in [0.3, 0.4) is 0 Å². The normalized spacial score (nSPS) is 15.1. The average molecular weight is 465 g/mol. The lowest BCUT2D eigenvalue weighted by molar-refractivity contribution is -0.120. The van der Waals surface area contributed by atoms with Gasteiger partial charge in [-0.2, -0.15) is 0 Å². The van der Waals surface area contributed by atoms with Crippen molar-refractivity contribution in [1.29, 1.82) is 0 Å². The van der Waals surface area contributed by atoms with Gasteiger partial charge in [0.15, 0.2) is 6.61 Å². The van der Waals surface area contributed by atoms with Crippen molar-refractivity contribution in [3.8, 4) is 16.9 Å². The minimum Gasteiger partial charge on any atom is -0.484 e. The van der Waals surface area contributed by atoms with Gasteiger partial charge in [-0.1, -0.05) is 43.5 Å². The third-order valence-electron chi connectivity index (χ3n) is 6.07. The van der Waals surface area contributed by atoms with Gasteiger partial charge in [0, 0.05) is 30.4 Å². The lowest BCUT2D eigenvalue weighted by atomic mass is 10.00. The Morgan fingerprint density at radius 3 is 2.53 bits per heavy atom. The summed E-state index contributed by atoms with van der Waals surface area (Å²) in [5.41, 5.74) is 2.68. The van der Waals surface area contributed by atoms with Gasteiger partial charge in [0.1, 0.15) is 17.4 Å². The first kappa shape index (κ1) is 23.9. The molecule has 1 amide bonds. The van der Waals surface area contributed by atoms with Crippen molar-refractivity contribution in [3.63, 3.8) is 0 Å². The van der Waals surface area contributed by atoms with Crippen molar-refractivity contribution in [1.82, 2.24) is 5.32 Å². The number of fused-ring (bicyclic) bond motifs is 1. The van der Waals surface area contributed by atoms with Crippen molar-refractivity contribution >= 4 is 11.6 Å². The molecule has 0 spiro atoms. The molecule has 1 aliphatic rings. The van der Waals surface area contributed by atoms with E-state index in [-0.39, 0.29) is 12.5 Å². The van der Waals surface area contributed by atoms with Gasteiger partial charge in [0.05, 0.1) is 0 Å². The molecule has 34 heavy (non-hydrogen) atoms. The topological polar surface area (TPSA) is 41.6 Å². The van der Waals surface area contributed by atoms with Gasteiger partial charge >= 0.3 is 0 Å². The number of hydrogen-bond acceptors (Lipinski definition) is 3. The van der Waals surface area contributed by atoms with Crippen LogP contribution in [0.25, 0.3) is 11.1 Å². The van der Waals surface area contributed by atoms with Crippen LogP contribution in [-0.2, 0) is 11.3 Å². The highest BCUT2D eigenvalue weighted by Crippen LogP contribution is 2.30. The second-order valence-electron chi connectivity index (χ2n) is 8.56. The summed E-state index contributed by atoms with van der Waals surface area (Å²) in [4.78, 5) is 15.1. The lowest BCUT2D eigenvalue weighted by Gasteiger charge is -2.27. The molecular formula is C28H30F2N2O2. The molecule has 178 valence electrons. The van der Waals surface area contributed by atoms with Crippen LogP contribution in [0.15, 0.2) is 66.7 Å². The molecular weight excluding hydrogens is 434 g/mol. The summed E-state index contributed by atoms with van der Waals surface area (Å²) in [5, 5.41) is 3.46. The van der Waals surface area contributed by atoms with Crippen LogP contribution in [0.4, 0.5) is 14.5 Å². The van der Waals surface area contributed by atoms with Crippen LogP contribution in [-0.4, -0.2) is 25.6 Å². The Morgan fingerprint density at radius 2 is 1.71 bits per heavy atom. The quantitative estimate of drug-likeness (QED) is 0.507. The van der Waals surface area contributed by atoms with Gasteiger partial charge in [-0.05, 0) is 66.9 Å². The van der Waals surface area contributed by atoms with Crippen molar-refractivity contribution < 1.29 is 18.3 Å². The Kier molecular flexibility index (Phi) is 8.26. The highest BCUT2D eigenvalue weighted by atomic mass is 19.1. The summed E-state index contributed by atoms with van der Waals surface area (Å²) >= 11 is 0. The summed E-state index contributed by atoms with van der Waals surface area (Å²) in [5.74, 6) is -0.688. The number of hydrogen-bond donors (Lipinski definition) is 1. The van der Waals surface area contributed by atoms with Crippen LogP contribution in [0.5, 0.6) is 5.75 Å². The number of ether oxygens (including phenoxy) is 1.